The minimum Gasteiger partial charge on any atom is -0.306 e. The van der Waals surface area contributed by atoms with Crippen LogP contribution < -0.4 is 5.32 Å². The molecule has 1 atom stereocenters. The number of carbonyl (C=O) groups is 1. The van der Waals surface area contributed by atoms with Crippen LogP contribution in [0.25, 0.3) is 0 Å². The quantitative estimate of drug-likeness (QED) is 0.453. The number of rotatable bonds is 6. The predicted molar refractivity (Wildman–Crippen MR) is 110 cm³/mol. The van der Waals surface area contributed by atoms with E-state index in [1.165, 1.54) is 29.9 Å². The van der Waals surface area contributed by atoms with Gasteiger partial charge in [0.15, 0.2) is 11.5 Å². The summed E-state index contributed by atoms with van der Waals surface area (Å²) in [6.45, 7) is 1.63. The molecule has 1 aliphatic rings. The second-order valence-corrected chi connectivity index (χ2v) is 8.37. The number of carbonyl (C=O) groups excluding carboxylic acids is 1. The summed E-state index contributed by atoms with van der Waals surface area (Å²) in [5, 5.41) is 9.95. The van der Waals surface area contributed by atoms with Gasteiger partial charge >= 0.3 is 6.18 Å². The van der Waals surface area contributed by atoms with E-state index < -0.39 is 34.7 Å². The number of alkyl halides is 3. The molecule has 2 aromatic heterocycles. The molecular formula is C20H17Cl2F4N5O. The summed E-state index contributed by atoms with van der Waals surface area (Å²) in [4.78, 5) is 12.8. The molecule has 12 heteroatoms. The fraction of sp³-hybridized carbons (Fsp3) is 0.350. The molecule has 3 aromatic rings. The van der Waals surface area contributed by atoms with Crippen molar-refractivity contribution >= 4 is 34.9 Å². The molecule has 0 radical (unpaired) electrons. The van der Waals surface area contributed by atoms with E-state index in [2.05, 4.69) is 15.5 Å². The van der Waals surface area contributed by atoms with Gasteiger partial charge in [-0.1, -0.05) is 35.3 Å². The van der Waals surface area contributed by atoms with Crippen molar-refractivity contribution in [2.24, 2.45) is 0 Å². The van der Waals surface area contributed by atoms with Crippen molar-refractivity contribution in [2.45, 2.75) is 44.4 Å². The van der Waals surface area contributed by atoms with Gasteiger partial charge in [0, 0.05) is 12.1 Å². The van der Waals surface area contributed by atoms with Crippen molar-refractivity contribution in [1.29, 1.82) is 0 Å². The highest BCUT2D eigenvalue weighted by molar-refractivity contribution is 6.33. The zero-order chi connectivity index (χ0) is 23.2. The van der Waals surface area contributed by atoms with Crippen molar-refractivity contribution in [3.63, 3.8) is 0 Å². The van der Waals surface area contributed by atoms with Crippen molar-refractivity contribution in [3.8, 4) is 0 Å². The second kappa shape index (κ2) is 8.40. The summed E-state index contributed by atoms with van der Waals surface area (Å²) < 4.78 is 55.7. The number of nitrogens with zero attached hydrogens (tertiary/aromatic N) is 4. The number of amides is 1. The van der Waals surface area contributed by atoms with Gasteiger partial charge < -0.3 is 5.32 Å². The highest BCUT2D eigenvalue weighted by Gasteiger charge is 2.43. The lowest BCUT2D eigenvalue weighted by Gasteiger charge is -2.15. The molecule has 1 N–H and O–H groups in total. The standard InChI is InChI=1S/C20H17Cl2F4N5O/c1-10(31-16(12-5-6-12)15(22)17(28-31)20(24,25)26)19(32)27-18-14(21)9-30(29-18)8-11-3-2-4-13(23)7-11/h2-4,7,9-10,12H,5-6,8H2,1H3,(H,27,29,32). The van der Waals surface area contributed by atoms with E-state index in [9.17, 15) is 22.4 Å². The number of nitrogens with one attached hydrogen (secondary N) is 1. The molecule has 1 fully saturated rings. The molecule has 1 saturated carbocycles. The van der Waals surface area contributed by atoms with Crippen molar-refractivity contribution in [1.82, 2.24) is 19.6 Å². The number of hydrogen-bond acceptors (Lipinski definition) is 3. The van der Waals surface area contributed by atoms with E-state index >= 15 is 0 Å². The molecule has 1 amide bonds. The molecular weight excluding hydrogens is 473 g/mol. The van der Waals surface area contributed by atoms with Gasteiger partial charge in [-0.15, -0.1) is 0 Å². The van der Waals surface area contributed by atoms with E-state index in [-0.39, 0.29) is 29.0 Å². The fourth-order valence-electron chi connectivity index (χ4n) is 3.34. The topological polar surface area (TPSA) is 64.7 Å². The molecule has 2 heterocycles. The molecule has 32 heavy (non-hydrogen) atoms. The third-order valence-electron chi connectivity index (χ3n) is 5.06. The Bertz CT molecular complexity index is 1170. The van der Waals surface area contributed by atoms with Gasteiger partial charge in [0.25, 0.3) is 0 Å². The normalized spacial score (nSPS) is 15.1. The van der Waals surface area contributed by atoms with Gasteiger partial charge in [0.1, 0.15) is 16.9 Å². The molecule has 4 rings (SSSR count). The minimum atomic E-state index is -4.73. The molecule has 0 aliphatic heterocycles. The van der Waals surface area contributed by atoms with E-state index in [1.54, 1.807) is 12.1 Å². The predicted octanol–water partition coefficient (Wildman–Crippen LogP) is 5.67. The number of aromatic nitrogens is 4. The van der Waals surface area contributed by atoms with Crippen LogP contribution in [0.15, 0.2) is 30.5 Å². The summed E-state index contributed by atoms with van der Waals surface area (Å²) in [5.41, 5.74) is -0.377. The fourth-order valence-corrected chi connectivity index (χ4v) is 3.93. The van der Waals surface area contributed by atoms with Crippen LogP contribution in [-0.2, 0) is 17.5 Å². The highest BCUT2D eigenvalue weighted by atomic mass is 35.5. The minimum absolute atomic E-state index is 0.0298. The number of hydrogen-bond donors (Lipinski definition) is 1. The average Bonchev–Trinajstić information content (AvgIpc) is 3.39. The van der Waals surface area contributed by atoms with Crippen LogP contribution in [0.3, 0.4) is 0 Å². The molecule has 0 saturated heterocycles. The first-order valence-electron chi connectivity index (χ1n) is 9.68. The molecule has 1 unspecified atom stereocenters. The van der Waals surface area contributed by atoms with Crippen LogP contribution in [0.2, 0.25) is 10.0 Å². The Balaban J connectivity index is 1.54. The van der Waals surface area contributed by atoms with Gasteiger partial charge in [-0.25, -0.2) is 4.39 Å². The van der Waals surface area contributed by atoms with E-state index in [0.29, 0.717) is 18.4 Å². The summed E-state index contributed by atoms with van der Waals surface area (Å²) in [6, 6.07) is 4.83. The smallest absolute Gasteiger partial charge is 0.306 e. The summed E-state index contributed by atoms with van der Waals surface area (Å²) in [5.74, 6) is -1.19. The van der Waals surface area contributed by atoms with Gasteiger partial charge in [0.05, 0.1) is 17.3 Å². The summed E-state index contributed by atoms with van der Waals surface area (Å²) >= 11 is 12.1. The van der Waals surface area contributed by atoms with Crippen LogP contribution in [0.5, 0.6) is 0 Å². The third kappa shape index (κ3) is 4.61. The van der Waals surface area contributed by atoms with E-state index in [0.717, 1.165) is 4.68 Å². The van der Waals surface area contributed by atoms with Gasteiger partial charge in [-0.05, 0) is 37.5 Å². The van der Waals surface area contributed by atoms with Crippen molar-refractivity contribution < 1.29 is 22.4 Å². The Hall–Kier alpha value is -2.59. The first kappa shape index (κ1) is 22.6. The zero-order valence-corrected chi connectivity index (χ0v) is 18.1. The number of anilines is 1. The maximum Gasteiger partial charge on any atom is 0.436 e. The second-order valence-electron chi connectivity index (χ2n) is 7.58. The Morgan fingerprint density at radius 3 is 2.62 bits per heavy atom. The molecule has 1 aliphatic carbocycles. The Kier molecular flexibility index (Phi) is 5.93. The van der Waals surface area contributed by atoms with Gasteiger partial charge in [-0.3, -0.25) is 14.2 Å². The first-order chi connectivity index (χ1) is 15.0. The maximum absolute atomic E-state index is 13.4. The first-order valence-corrected chi connectivity index (χ1v) is 10.4. The van der Waals surface area contributed by atoms with Crippen LogP contribution in [0.1, 0.15) is 48.7 Å². The van der Waals surface area contributed by atoms with Gasteiger partial charge in [-0.2, -0.15) is 23.4 Å². The Morgan fingerprint density at radius 1 is 1.28 bits per heavy atom. The van der Waals surface area contributed by atoms with Crippen LogP contribution in [0.4, 0.5) is 23.4 Å². The monoisotopic (exact) mass is 489 g/mol. The number of benzene rings is 1. The van der Waals surface area contributed by atoms with Gasteiger partial charge in [0.2, 0.25) is 5.91 Å². The van der Waals surface area contributed by atoms with Crippen LogP contribution >= 0.6 is 23.2 Å². The third-order valence-corrected chi connectivity index (χ3v) is 5.71. The molecule has 170 valence electrons. The highest BCUT2D eigenvalue weighted by Crippen LogP contribution is 2.47. The lowest BCUT2D eigenvalue weighted by Crippen LogP contribution is -2.26. The lowest BCUT2D eigenvalue weighted by molar-refractivity contribution is -0.141. The molecule has 0 spiro atoms. The molecule has 1 aromatic carbocycles. The summed E-state index contributed by atoms with van der Waals surface area (Å²) in [7, 11) is 0. The van der Waals surface area contributed by atoms with Crippen LogP contribution in [0, 0.1) is 5.82 Å². The van der Waals surface area contributed by atoms with Crippen molar-refractivity contribution in [2.75, 3.05) is 5.32 Å². The Labute approximate surface area is 190 Å². The van der Waals surface area contributed by atoms with E-state index in [1.807, 2.05) is 0 Å². The number of halogens is 6. The SMILES string of the molecule is CC(C(=O)Nc1nn(Cc2cccc(F)c2)cc1Cl)n1nc(C(F)(F)F)c(Cl)c1C1CC1. The summed E-state index contributed by atoms with van der Waals surface area (Å²) in [6.07, 6.45) is -1.93. The van der Waals surface area contributed by atoms with E-state index in [4.69, 9.17) is 23.2 Å². The zero-order valence-electron chi connectivity index (χ0n) is 16.6. The van der Waals surface area contributed by atoms with Crippen LogP contribution in [-0.4, -0.2) is 25.5 Å². The average molecular weight is 490 g/mol. The maximum atomic E-state index is 13.4. The van der Waals surface area contributed by atoms with Crippen molar-refractivity contribution in [3.05, 3.63) is 63.3 Å². The Morgan fingerprint density at radius 2 is 2.00 bits per heavy atom. The molecule has 6 nitrogen and oxygen atoms in total. The lowest BCUT2D eigenvalue weighted by atomic mass is 10.2. The molecule has 0 bridgehead atoms. The largest absolute Gasteiger partial charge is 0.436 e.